The van der Waals surface area contributed by atoms with Crippen LogP contribution in [-0.2, 0) is 9.59 Å². The van der Waals surface area contributed by atoms with E-state index in [0.717, 1.165) is 16.9 Å². The van der Waals surface area contributed by atoms with Crippen molar-refractivity contribution < 1.29 is 14.3 Å². The van der Waals surface area contributed by atoms with Gasteiger partial charge < -0.3 is 4.74 Å². The predicted octanol–water partition coefficient (Wildman–Crippen LogP) is 3.23. The normalized spacial score (nSPS) is 16.0. The van der Waals surface area contributed by atoms with Gasteiger partial charge in [-0.2, -0.15) is 0 Å². The zero-order chi connectivity index (χ0) is 18.7. The fourth-order valence-corrected chi connectivity index (χ4v) is 2.96. The van der Waals surface area contributed by atoms with E-state index < -0.39 is 11.8 Å². The van der Waals surface area contributed by atoms with Gasteiger partial charge in [-0.15, -0.1) is 0 Å². The molecule has 0 radical (unpaired) electrons. The summed E-state index contributed by atoms with van der Waals surface area (Å²) in [6.07, 6.45) is 1.56. The Morgan fingerprint density at radius 2 is 1.81 bits per heavy atom. The number of nitrogens with zero attached hydrogens (tertiary/aromatic N) is 1. The Morgan fingerprint density at radius 3 is 2.46 bits per heavy atom. The number of rotatable bonds is 4. The number of thiocarbonyl (C=S) groups is 1. The third-order valence-electron chi connectivity index (χ3n) is 3.96. The number of nitrogens with one attached hydrogen (secondary N) is 1. The molecule has 5 nitrogen and oxygen atoms in total. The SMILES string of the molecule is CCOc1ccc(/C=C2\C(=O)NC(=S)N(c3ccccc3C)C2=O)cc1. The molecule has 0 spiro atoms. The van der Waals surface area contributed by atoms with E-state index in [1.54, 1.807) is 36.4 Å². The summed E-state index contributed by atoms with van der Waals surface area (Å²) in [7, 11) is 0. The molecule has 0 atom stereocenters. The van der Waals surface area contributed by atoms with Gasteiger partial charge in [-0.3, -0.25) is 19.8 Å². The molecule has 26 heavy (non-hydrogen) atoms. The lowest BCUT2D eigenvalue weighted by Crippen LogP contribution is -2.54. The molecular formula is C20H18N2O3S. The summed E-state index contributed by atoms with van der Waals surface area (Å²) >= 11 is 5.22. The monoisotopic (exact) mass is 366 g/mol. The predicted molar refractivity (Wildman–Crippen MR) is 105 cm³/mol. The van der Waals surface area contributed by atoms with Crippen molar-refractivity contribution in [2.75, 3.05) is 11.5 Å². The van der Waals surface area contributed by atoms with Crippen molar-refractivity contribution in [1.82, 2.24) is 5.32 Å². The van der Waals surface area contributed by atoms with Gasteiger partial charge in [0, 0.05) is 0 Å². The number of carbonyl (C=O) groups is 2. The van der Waals surface area contributed by atoms with Crippen LogP contribution >= 0.6 is 12.2 Å². The summed E-state index contributed by atoms with van der Waals surface area (Å²) in [6.45, 7) is 4.37. The minimum absolute atomic E-state index is 0.0333. The molecule has 1 N–H and O–H groups in total. The molecule has 0 aromatic heterocycles. The van der Waals surface area contributed by atoms with Crippen molar-refractivity contribution >= 4 is 40.9 Å². The Bertz CT molecular complexity index is 904. The Labute approximate surface area is 157 Å². The summed E-state index contributed by atoms with van der Waals surface area (Å²) in [5.41, 5.74) is 2.30. The Kier molecular flexibility index (Phi) is 5.14. The molecule has 1 fully saturated rings. The molecule has 1 heterocycles. The molecule has 2 amide bonds. The molecule has 2 aromatic rings. The number of carbonyl (C=O) groups excluding carboxylic acids is 2. The van der Waals surface area contributed by atoms with Crippen molar-refractivity contribution in [2.45, 2.75) is 13.8 Å². The minimum Gasteiger partial charge on any atom is -0.494 e. The van der Waals surface area contributed by atoms with Crippen molar-refractivity contribution in [3.8, 4) is 5.75 Å². The smallest absolute Gasteiger partial charge is 0.270 e. The molecule has 0 bridgehead atoms. The van der Waals surface area contributed by atoms with Crippen LogP contribution in [0.1, 0.15) is 18.1 Å². The second kappa shape index (κ2) is 7.49. The highest BCUT2D eigenvalue weighted by Crippen LogP contribution is 2.25. The molecule has 0 saturated carbocycles. The number of aryl methyl sites for hydroxylation is 1. The molecule has 1 saturated heterocycles. The van der Waals surface area contributed by atoms with Crippen LogP contribution in [0.25, 0.3) is 6.08 Å². The summed E-state index contributed by atoms with van der Waals surface area (Å²) in [6, 6.07) is 14.6. The molecule has 6 heteroatoms. The van der Waals surface area contributed by atoms with Gasteiger partial charge in [0.1, 0.15) is 11.3 Å². The van der Waals surface area contributed by atoms with Crippen LogP contribution in [0.5, 0.6) is 5.75 Å². The third-order valence-corrected chi connectivity index (χ3v) is 4.24. The van der Waals surface area contributed by atoms with Crippen LogP contribution in [0, 0.1) is 6.92 Å². The number of hydrogen-bond acceptors (Lipinski definition) is 4. The Hall–Kier alpha value is -2.99. The van der Waals surface area contributed by atoms with Gasteiger partial charge >= 0.3 is 0 Å². The number of amides is 2. The van der Waals surface area contributed by atoms with E-state index in [9.17, 15) is 9.59 Å². The van der Waals surface area contributed by atoms with Crippen LogP contribution in [0.2, 0.25) is 0 Å². The van der Waals surface area contributed by atoms with Gasteiger partial charge in [0.05, 0.1) is 12.3 Å². The number of benzene rings is 2. The van der Waals surface area contributed by atoms with E-state index in [1.807, 2.05) is 32.0 Å². The molecule has 132 valence electrons. The standard InChI is InChI=1S/C20H18N2O3S/c1-3-25-15-10-8-14(9-11-15)12-16-18(23)21-20(26)22(19(16)24)17-7-5-4-6-13(17)2/h4-12H,3H2,1-2H3,(H,21,23,26)/b16-12+. The average Bonchev–Trinajstić information content (AvgIpc) is 2.62. The van der Waals surface area contributed by atoms with E-state index in [1.165, 1.54) is 4.90 Å². The zero-order valence-electron chi connectivity index (χ0n) is 14.5. The van der Waals surface area contributed by atoms with Crippen LogP contribution in [-0.4, -0.2) is 23.5 Å². The molecule has 0 unspecified atom stereocenters. The highest BCUT2D eigenvalue weighted by molar-refractivity contribution is 7.80. The van der Waals surface area contributed by atoms with Gasteiger partial charge in [-0.05, 0) is 61.5 Å². The Morgan fingerprint density at radius 1 is 1.12 bits per heavy atom. The van der Waals surface area contributed by atoms with Crippen LogP contribution in [0.3, 0.4) is 0 Å². The minimum atomic E-state index is -0.501. The summed E-state index contributed by atoms with van der Waals surface area (Å²) in [5.74, 6) is -0.211. The topological polar surface area (TPSA) is 58.6 Å². The number of hydrogen-bond donors (Lipinski definition) is 1. The van der Waals surface area contributed by atoms with Gasteiger partial charge in [0.2, 0.25) is 0 Å². The van der Waals surface area contributed by atoms with E-state index in [0.29, 0.717) is 12.3 Å². The van der Waals surface area contributed by atoms with E-state index in [4.69, 9.17) is 17.0 Å². The first-order chi connectivity index (χ1) is 12.5. The molecule has 2 aromatic carbocycles. The molecule has 3 rings (SSSR count). The maximum absolute atomic E-state index is 13.0. The molecule has 1 aliphatic heterocycles. The lowest BCUT2D eigenvalue weighted by atomic mass is 10.1. The third kappa shape index (κ3) is 3.50. The van der Waals surface area contributed by atoms with E-state index >= 15 is 0 Å². The lowest BCUT2D eigenvalue weighted by Gasteiger charge is -2.30. The summed E-state index contributed by atoms with van der Waals surface area (Å²) in [4.78, 5) is 26.6. The maximum atomic E-state index is 13.0. The van der Waals surface area contributed by atoms with Gasteiger partial charge in [-0.25, -0.2) is 0 Å². The summed E-state index contributed by atoms with van der Waals surface area (Å²) < 4.78 is 5.40. The van der Waals surface area contributed by atoms with Crippen molar-refractivity contribution in [3.63, 3.8) is 0 Å². The largest absolute Gasteiger partial charge is 0.494 e. The molecular weight excluding hydrogens is 348 g/mol. The molecule has 1 aliphatic rings. The van der Waals surface area contributed by atoms with Crippen molar-refractivity contribution in [2.24, 2.45) is 0 Å². The maximum Gasteiger partial charge on any atom is 0.270 e. The Balaban J connectivity index is 1.96. The quantitative estimate of drug-likeness (QED) is 0.513. The average molecular weight is 366 g/mol. The first-order valence-electron chi connectivity index (χ1n) is 8.21. The van der Waals surface area contributed by atoms with Crippen LogP contribution in [0.4, 0.5) is 5.69 Å². The molecule has 0 aliphatic carbocycles. The highest BCUT2D eigenvalue weighted by atomic mass is 32.1. The first-order valence-corrected chi connectivity index (χ1v) is 8.62. The van der Waals surface area contributed by atoms with Crippen molar-refractivity contribution in [1.29, 1.82) is 0 Å². The van der Waals surface area contributed by atoms with E-state index in [2.05, 4.69) is 5.32 Å². The van der Waals surface area contributed by atoms with Gasteiger partial charge in [-0.1, -0.05) is 30.3 Å². The van der Waals surface area contributed by atoms with E-state index in [-0.39, 0.29) is 10.7 Å². The lowest BCUT2D eigenvalue weighted by molar-refractivity contribution is -0.122. The second-order valence-corrected chi connectivity index (χ2v) is 6.13. The van der Waals surface area contributed by atoms with Crippen LogP contribution < -0.4 is 15.0 Å². The summed E-state index contributed by atoms with van der Waals surface area (Å²) in [5, 5.41) is 2.67. The van der Waals surface area contributed by atoms with Crippen LogP contribution in [0.15, 0.2) is 54.1 Å². The van der Waals surface area contributed by atoms with Gasteiger partial charge in [0.15, 0.2) is 5.11 Å². The zero-order valence-corrected chi connectivity index (χ0v) is 15.3. The highest BCUT2D eigenvalue weighted by Gasteiger charge is 2.34. The van der Waals surface area contributed by atoms with Gasteiger partial charge in [0.25, 0.3) is 11.8 Å². The first kappa shape index (κ1) is 17.8. The number of ether oxygens (including phenoxy) is 1. The fourth-order valence-electron chi connectivity index (χ4n) is 2.68. The fraction of sp³-hybridized carbons (Fsp3) is 0.150. The number of anilines is 1. The number of para-hydroxylation sites is 1. The second-order valence-electron chi connectivity index (χ2n) is 5.75. The van der Waals surface area contributed by atoms with Crippen molar-refractivity contribution in [3.05, 3.63) is 65.2 Å².